The molecule has 1 aromatic carbocycles. The maximum Gasteiger partial charge on any atom is 0.233 e. The molecule has 4 rings (SSSR count). The molecule has 2 fully saturated rings. The van der Waals surface area contributed by atoms with Gasteiger partial charge in [0.1, 0.15) is 5.82 Å². The lowest BCUT2D eigenvalue weighted by Gasteiger charge is -2.34. The van der Waals surface area contributed by atoms with Crippen molar-refractivity contribution < 1.29 is 9.13 Å². The van der Waals surface area contributed by atoms with E-state index >= 15 is 0 Å². The van der Waals surface area contributed by atoms with E-state index in [1.165, 1.54) is 63.5 Å². The number of aromatic nitrogens is 2. The quantitative estimate of drug-likeness (QED) is 0.574. The molecule has 2 aliphatic rings. The normalized spacial score (nSPS) is 21.0. The lowest BCUT2D eigenvalue weighted by atomic mass is 9.89. The smallest absolute Gasteiger partial charge is 0.233 e. The van der Waals surface area contributed by atoms with Crippen molar-refractivity contribution in [3.63, 3.8) is 0 Å². The molecule has 1 saturated heterocycles. The van der Waals surface area contributed by atoms with Crippen LogP contribution in [0.2, 0.25) is 5.02 Å². The maximum absolute atomic E-state index is 13.5. The average Bonchev–Trinajstić information content (AvgIpc) is 3.39. The van der Waals surface area contributed by atoms with Crippen molar-refractivity contribution in [1.82, 2.24) is 15.1 Å². The predicted octanol–water partition coefficient (Wildman–Crippen LogP) is 5.85. The molecule has 4 nitrogen and oxygen atoms in total. The molecule has 2 aromatic rings. The van der Waals surface area contributed by atoms with E-state index < -0.39 is 0 Å². The van der Waals surface area contributed by atoms with Crippen LogP contribution >= 0.6 is 11.6 Å². The van der Waals surface area contributed by atoms with Gasteiger partial charge in [0.25, 0.3) is 0 Å². The van der Waals surface area contributed by atoms with Crippen LogP contribution < -0.4 is 4.74 Å². The van der Waals surface area contributed by atoms with Crippen molar-refractivity contribution in [1.29, 1.82) is 0 Å². The molecule has 0 N–H and O–H groups in total. The molecule has 0 radical (unpaired) electrons. The molecule has 30 heavy (non-hydrogen) atoms. The summed E-state index contributed by atoms with van der Waals surface area (Å²) >= 11 is 6.15. The van der Waals surface area contributed by atoms with Crippen LogP contribution in [0.5, 0.6) is 5.88 Å². The van der Waals surface area contributed by atoms with Gasteiger partial charge in [-0.2, -0.15) is 0 Å². The van der Waals surface area contributed by atoms with Crippen molar-refractivity contribution in [3.05, 3.63) is 41.2 Å². The van der Waals surface area contributed by atoms with Crippen LogP contribution in [0.1, 0.15) is 46.5 Å². The number of ether oxygens (including phenoxy) is 1. The van der Waals surface area contributed by atoms with E-state index in [0.717, 1.165) is 0 Å². The summed E-state index contributed by atoms with van der Waals surface area (Å²) in [4.78, 5) is 2.62. The molecule has 6 heteroatoms. The van der Waals surface area contributed by atoms with Gasteiger partial charge in [-0.3, -0.25) is 0 Å². The van der Waals surface area contributed by atoms with E-state index in [1.807, 2.05) is 0 Å². The van der Waals surface area contributed by atoms with Gasteiger partial charge < -0.3 is 9.64 Å². The van der Waals surface area contributed by atoms with Crippen LogP contribution in [-0.2, 0) is 0 Å². The highest BCUT2D eigenvalue weighted by atomic mass is 35.5. The van der Waals surface area contributed by atoms with Crippen molar-refractivity contribution >= 4 is 11.6 Å². The zero-order valence-electron chi connectivity index (χ0n) is 18.1. The third kappa shape index (κ3) is 5.12. The second-order valence-corrected chi connectivity index (χ2v) is 10.5. The fourth-order valence-corrected chi connectivity index (χ4v) is 4.63. The molecular weight excluding hydrogens is 401 g/mol. The molecule has 1 spiro atoms. The monoisotopic (exact) mass is 431 g/mol. The van der Waals surface area contributed by atoms with Crippen molar-refractivity contribution in [2.75, 3.05) is 26.2 Å². The third-order valence-corrected chi connectivity index (χ3v) is 7.00. The van der Waals surface area contributed by atoms with E-state index in [2.05, 4.69) is 35.9 Å². The van der Waals surface area contributed by atoms with Gasteiger partial charge in [0.15, 0.2) is 0 Å². The van der Waals surface area contributed by atoms with Crippen LogP contribution in [0.4, 0.5) is 4.39 Å². The van der Waals surface area contributed by atoms with Crippen molar-refractivity contribution in [2.45, 2.75) is 46.5 Å². The molecule has 0 amide bonds. The number of piperidine rings is 1. The van der Waals surface area contributed by atoms with Crippen LogP contribution in [-0.4, -0.2) is 41.3 Å². The molecule has 162 valence electrons. The molecule has 1 unspecified atom stereocenters. The van der Waals surface area contributed by atoms with Gasteiger partial charge in [0.05, 0.1) is 17.3 Å². The highest BCUT2D eigenvalue weighted by molar-refractivity contribution is 6.33. The Labute approximate surface area is 183 Å². The summed E-state index contributed by atoms with van der Waals surface area (Å²) in [7, 11) is 0. The molecule has 0 bridgehead atoms. The number of hydrogen-bond acceptors (Lipinski definition) is 4. The van der Waals surface area contributed by atoms with Crippen molar-refractivity contribution in [2.24, 2.45) is 16.7 Å². The number of hydrogen-bond donors (Lipinski definition) is 0. The van der Waals surface area contributed by atoms with Gasteiger partial charge in [-0.1, -0.05) is 32.4 Å². The summed E-state index contributed by atoms with van der Waals surface area (Å²) < 4.78 is 19.4. The molecule has 2 heterocycles. The summed E-state index contributed by atoms with van der Waals surface area (Å²) in [6.07, 6.45) is 5.05. The summed E-state index contributed by atoms with van der Waals surface area (Å²) in [6.45, 7) is 11.2. The minimum absolute atomic E-state index is 0.347. The number of halogens is 2. The first kappa shape index (κ1) is 21.5. The molecule has 1 atom stereocenters. The Morgan fingerprint density at radius 1 is 1.17 bits per heavy atom. The first-order chi connectivity index (χ1) is 14.2. The summed E-state index contributed by atoms with van der Waals surface area (Å²) in [6, 6.07) is 7.79. The predicted molar refractivity (Wildman–Crippen MR) is 118 cm³/mol. The Kier molecular flexibility index (Phi) is 6.04. The van der Waals surface area contributed by atoms with Gasteiger partial charge in [-0.05, 0) is 86.3 Å². The highest BCUT2D eigenvalue weighted by Crippen LogP contribution is 2.59. The molecular formula is C24H31ClFN3O. The van der Waals surface area contributed by atoms with Crippen LogP contribution in [0.3, 0.4) is 0 Å². The van der Waals surface area contributed by atoms with Gasteiger partial charge >= 0.3 is 0 Å². The Morgan fingerprint density at radius 3 is 2.60 bits per heavy atom. The Hall–Kier alpha value is -1.72. The van der Waals surface area contributed by atoms with E-state index in [-0.39, 0.29) is 5.82 Å². The van der Waals surface area contributed by atoms with Crippen molar-refractivity contribution in [3.8, 4) is 17.1 Å². The van der Waals surface area contributed by atoms with E-state index in [4.69, 9.17) is 16.3 Å². The number of likely N-dealkylation sites (tertiary alicyclic amines) is 1. The van der Waals surface area contributed by atoms with Crippen LogP contribution in [0, 0.1) is 22.6 Å². The molecule has 1 aliphatic carbocycles. The largest absolute Gasteiger partial charge is 0.476 e. The molecule has 1 saturated carbocycles. The lowest BCUT2D eigenvalue weighted by molar-refractivity contribution is 0.137. The SMILES string of the molecule is CC(C)(C)CCN1CCC2(CC1)CC2COc1ccc(-c2cc(F)ccc2Cl)nn1. The zero-order valence-corrected chi connectivity index (χ0v) is 18.9. The Bertz CT molecular complexity index is 873. The van der Waals surface area contributed by atoms with E-state index in [9.17, 15) is 4.39 Å². The third-order valence-electron chi connectivity index (χ3n) is 6.67. The fraction of sp³-hybridized carbons (Fsp3) is 0.583. The van der Waals surface area contributed by atoms with Gasteiger partial charge in [-0.15, -0.1) is 10.2 Å². The summed E-state index contributed by atoms with van der Waals surface area (Å²) in [5.41, 5.74) is 1.95. The second kappa shape index (κ2) is 8.43. The minimum atomic E-state index is -0.347. The van der Waals surface area contributed by atoms with Gasteiger partial charge in [0, 0.05) is 11.6 Å². The fourth-order valence-electron chi connectivity index (χ4n) is 4.42. The second-order valence-electron chi connectivity index (χ2n) is 10.1. The van der Waals surface area contributed by atoms with Crippen LogP contribution in [0.25, 0.3) is 11.3 Å². The minimum Gasteiger partial charge on any atom is -0.476 e. The number of rotatable bonds is 6. The number of nitrogens with zero attached hydrogens (tertiary/aromatic N) is 3. The lowest BCUT2D eigenvalue weighted by Crippen LogP contribution is -2.37. The topological polar surface area (TPSA) is 38.2 Å². The number of benzene rings is 1. The molecule has 1 aliphatic heterocycles. The zero-order chi connectivity index (χ0) is 21.4. The van der Waals surface area contributed by atoms with E-state index in [0.29, 0.717) is 45.5 Å². The Balaban J connectivity index is 1.25. The average molecular weight is 432 g/mol. The maximum atomic E-state index is 13.5. The van der Waals surface area contributed by atoms with E-state index in [1.54, 1.807) is 12.1 Å². The van der Waals surface area contributed by atoms with Crippen LogP contribution in [0.15, 0.2) is 30.3 Å². The Morgan fingerprint density at radius 2 is 1.93 bits per heavy atom. The molecule has 1 aromatic heterocycles. The first-order valence-electron chi connectivity index (χ1n) is 10.9. The summed E-state index contributed by atoms with van der Waals surface area (Å²) in [5, 5.41) is 8.78. The first-order valence-corrected chi connectivity index (χ1v) is 11.3. The summed E-state index contributed by atoms with van der Waals surface area (Å²) in [5.74, 6) is 0.775. The standard InChI is InChI=1S/C24H31ClFN3O/c1-23(2,3)8-11-29-12-9-24(10-13-29)15-17(24)16-30-22-7-6-21(27-28-22)19-14-18(26)4-5-20(19)25/h4-7,14,17H,8-13,15-16H2,1-3H3. The van der Waals surface area contributed by atoms with Gasteiger partial charge in [0.2, 0.25) is 5.88 Å². The van der Waals surface area contributed by atoms with Gasteiger partial charge in [-0.25, -0.2) is 4.39 Å². The highest BCUT2D eigenvalue weighted by Gasteiger charge is 2.54.